The number of piperazine rings is 1. The van der Waals surface area contributed by atoms with Crippen molar-refractivity contribution in [1.82, 2.24) is 9.80 Å². The van der Waals surface area contributed by atoms with Crippen molar-refractivity contribution in [1.29, 1.82) is 0 Å². The third kappa shape index (κ3) is 3.64. The molecule has 0 bridgehead atoms. The van der Waals surface area contributed by atoms with Crippen LogP contribution < -0.4 is 10.1 Å². The molecule has 2 aliphatic heterocycles. The summed E-state index contributed by atoms with van der Waals surface area (Å²) in [6.07, 6.45) is 1.70. The second-order valence-electron chi connectivity index (χ2n) is 6.49. The van der Waals surface area contributed by atoms with Crippen molar-refractivity contribution in [3.8, 4) is 5.75 Å². The van der Waals surface area contributed by atoms with Crippen LogP contribution in [0.3, 0.4) is 0 Å². The van der Waals surface area contributed by atoms with Crippen LogP contribution in [0.1, 0.15) is 16.1 Å². The molecule has 140 valence electrons. The van der Waals surface area contributed by atoms with Crippen LogP contribution in [0.25, 0.3) is 0 Å². The predicted molar refractivity (Wildman–Crippen MR) is 95.5 cm³/mol. The number of rotatable bonds is 3. The molecule has 3 amide bonds. The number of anilines is 1. The molecule has 0 spiro atoms. The standard InChI is InChI=1S/C19H19N3O5/c23-17-12-27-15-4-3-13(10-14(15)20-17)11-18(24)21-5-7-22(8-6-21)19(25)16-2-1-9-26-16/h1-4,9-10H,5-8,11-12H2,(H,20,23). The maximum atomic E-state index is 12.6. The first-order valence-corrected chi connectivity index (χ1v) is 8.76. The van der Waals surface area contributed by atoms with E-state index in [2.05, 4.69) is 5.32 Å². The van der Waals surface area contributed by atoms with E-state index in [4.69, 9.17) is 9.15 Å². The van der Waals surface area contributed by atoms with E-state index in [1.165, 1.54) is 6.26 Å². The summed E-state index contributed by atoms with van der Waals surface area (Å²) in [4.78, 5) is 39.7. The van der Waals surface area contributed by atoms with Gasteiger partial charge in [0.15, 0.2) is 12.4 Å². The molecule has 1 fully saturated rings. The Morgan fingerprint density at radius 3 is 2.59 bits per heavy atom. The van der Waals surface area contributed by atoms with Gasteiger partial charge < -0.3 is 24.3 Å². The van der Waals surface area contributed by atoms with Gasteiger partial charge in [-0.15, -0.1) is 0 Å². The van der Waals surface area contributed by atoms with Gasteiger partial charge in [-0.05, 0) is 29.8 Å². The second-order valence-corrected chi connectivity index (χ2v) is 6.49. The normalized spacial score (nSPS) is 16.4. The van der Waals surface area contributed by atoms with Crippen molar-refractivity contribution in [2.45, 2.75) is 6.42 Å². The highest BCUT2D eigenvalue weighted by atomic mass is 16.5. The zero-order valence-corrected chi connectivity index (χ0v) is 14.6. The minimum atomic E-state index is -0.205. The Bertz CT molecular complexity index is 869. The second kappa shape index (κ2) is 7.14. The molecular weight excluding hydrogens is 350 g/mol. The third-order valence-electron chi connectivity index (χ3n) is 4.68. The van der Waals surface area contributed by atoms with Gasteiger partial charge in [-0.3, -0.25) is 14.4 Å². The number of carbonyl (C=O) groups is 3. The lowest BCUT2D eigenvalue weighted by Gasteiger charge is -2.34. The smallest absolute Gasteiger partial charge is 0.289 e. The Labute approximate surface area is 155 Å². The lowest BCUT2D eigenvalue weighted by molar-refractivity contribution is -0.131. The number of ether oxygens (including phenoxy) is 1. The zero-order valence-electron chi connectivity index (χ0n) is 14.6. The summed E-state index contributed by atoms with van der Waals surface area (Å²) in [5.41, 5.74) is 1.39. The Hall–Kier alpha value is -3.29. The SMILES string of the molecule is O=C1COc2ccc(CC(=O)N3CCN(C(=O)c4ccco4)CC3)cc2N1. The average molecular weight is 369 g/mol. The van der Waals surface area contributed by atoms with Gasteiger partial charge in [0.25, 0.3) is 11.8 Å². The van der Waals surface area contributed by atoms with Crippen molar-refractivity contribution in [3.63, 3.8) is 0 Å². The Morgan fingerprint density at radius 2 is 1.85 bits per heavy atom. The van der Waals surface area contributed by atoms with E-state index >= 15 is 0 Å². The first-order valence-electron chi connectivity index (χ1n) is 8.76. The predicted octanol–water partition coefficient (Wildman–Crippen LogP) is 1.14. The third-order valence-corrected chi connectivity index (χ3v) is 4.68. The van der Waals surface area contributed by atoms with Gasteiger partial charge in [-0.1, -0.05) is 6.07 Å². The van der Waals surface area contributed by atoms with E-state index in [1.807, 2.05) is 6.07 Å². The molecule has 1 saturated heterocycles. The molecule has 8 heteroatoms. The molecule has 8 nitrogen and oxygen atoms in total. The van der Waals surface area contributed by atoms with Crippen molar-refractivity contribution in [3.05, 3.63) is 47.9 Å². The molecule has 2 aromatic rings. The minimum absolute atomic E-state index is 0.00623. The number of furan rings is 1. The fourth-order valence-electron chi connectivity index (χ4n) is 3.24. The maximum Gasteiger partial charge on any atom is 0.289 e. The topological polar surface area (TPSA) is 92.1 Å². The minimum Gasteiger partial charge on any atom is -0.482 e. The van der Waals surface area contributed by atoms with Crippen LogP contribution in [0, 0.1) is 0 Å². The summed E-state index contributed by atoms with van der Waals surface area (Å²) >= 11 is 0. The highest BCUT2D eigenvalue weighted by Gasteiger charge is 2.26. The number of amides is 3. The molecule has 0 radical (unpaired) electrons. The first kappa shape index (κ1) is 17.1. The van der Waals surface area contributed by atoms with Crippen LogP contribution in [0.2, 0.25) is 0 Å². The number of fused-ring (bicyclic) bond motifs is 1. The largest absolute Gasteiger partial charge is 0.482 e. The molecule has 27 heavy (non-hydrogen) atoms. The van der Waals surface area contributed by atoms with Gasteiger partial charge in [0.2, 0.25) is 5.91 Å². The molecule has 3 heterocycles. The summed E-state index contributed by atoms with van der Waals surface area (Å²) in [6, 6.07) is 8.67. The quantitative estimate of drug-likeness (QED) is 0.876. The summed E-state index contributed by atoms with van der Waals surface area (Å²) in [5, 5.41) is 2.74. The molecule has 2 aliphatic rings. The lowest BCUT2D eigenvalue weighted by atomic mass is 10.1. The van der Waals surface area contributed by atoms with Crippen molar-refractivity contribution in [2.24, 2.45) is 0 Å². The van der Waals surface area contributed by atoms with Crippen LogP contribution in [-0.4, -0.2) is 60.3 Å². The number of hydrogen-bond acceptors (Lipinski definition) is 5. The van der Waals surface area contributed by atoms with E-state index in [0.29, 0.717) is 43.4 Å². The summed E-state index contributed by atoms with van der Waals surface area (Å²) < 4.78 is 10.5. The van der Waals surface area contributed by atoms with Crippen LogP contribution in [0.5, 0.6) is 5.75 Å². The molecule has 0 unspecified atom stereocenters. The number of carbonyl (C=O) groups excluding carboxylic acids is 3. The van der Waals surface area contributed by atoms with E-state index < -0.39 is 0 Å². The molecule has 4 rings (SSSR count). The summed E-state index contributed by atoms with van der Waals surface area (Å²) in [6.45, 7) is 1.91. The zero-order chi connectivity index (χ0) is 18.8. The molecule has 0 saturated carbocycles. The fraction of sp³-hybridized carbons (Fsp3) is 0.316. The van der Waals surface area contributed by atoms with Crippen molar-refractivity contribution < 1.29 is 23.5 Å². The van der Waals surface area contributed by atoms with Gasteiger partial charge in [0, 0.05) is 26.2 Å². The van der Waals surface area contributed by atoms with E-state index in [9.17, 15) is 14.4 Å². The molecule has 0 atom stereocenters. The van der Waals surface area contributed by atoms with Crippen molar-refractivity contribution in [2.75, 3.05) is 38.1 Å². The first-order chi connectivity index (χ1) is 13.1. The molecular formula is C19H19N3O5. The summed E-state index contributed by atoms with van der Waals surface area (Å²) in [7, 11) is 0. The Morgan fingerprint density at radius 1 is 1.07 bits per heavy atom. The Balaban J connectivity index is 1.34. The van der Waals surface area contributed by atoms with Gasteiger partial charge in [0.1, 0.15) is 5.75 Å². The van der Waals surface area contributed by atoms with E-state index in [1.54, 1.807) is 34.1 Å². The van der Waals surface area contributed by atoms with E-state index in [0.717, 1.165) is 5.56 Å². The highest BCUT2D eigenvalue weighted by molar-refractivity contribution is 5.95. The van der Waals surface area contributed by atoms with Gasteiger partial charge in [-0.2, -0.15) is 0 Å². The van der Waals surface area contributed by atoms with Gasteiger partial charge in [-0.25, -0.2) is 0 Å². The maximum absolute atomic E-state index is 12.6. The number of benzene rings is 1. The average Bonchev–Trinajstić information content (AvgIpc) is 3.22. The molecule has 1 N–H and O–H groups in total. The fourth-order valence-corrected chi connectivity index (χ4v) is 3.24. The van der Waals surface area contributed by atoms with Crippen LogP contribution in [-0.2, 0) is 16.0 Å². The Kier molecular flexibility index (Phi) is 4.53. The molecule has 1 aromatic heterocycles. The number of nitrogens with one attached hydrogen (secondary N) is 1. The van der Waals surface area contributed by atoms with Gasteiger partial charge in [0.05, 0.1) is 18.4 Å². The van der Waals surface area contributed by atoms with Crippen molar-refractivity contribution >= 4 is 23.4 Å². The van der Waals surface area contributed by atoms with E-state index in [-0.39, 0.29) is 30.7 Å². The lowest BCUT2D eigenvalue weighted by Crippen LogP contribution is -2.50. The van der Waals surface area contributed by atoms with Crippen LogP contribution >= 0.6 is 0 Å². The van der Waals surface area contributed by atoms with Gasteiger partial charge >= 0.3 is 0 Å². The highest BCUT2D eigenvalue weighted by Crippen LogP contribution is 2.28. The monoisotopic (exact) mass is 369 g/mol. The summed E-state index contributed by atoms with van der Waals surface area (Å²) in [5.74, 6) is 0.549. The van der Waals surface area contributed by atoms with Crippen LogP contribution in [0.4, 0.5) is 5.69 Å². The number of nitrogens with zero attached hydrogens (tertiary/aromatic N) is 2. The van der Waals surface area contributed by atoms with Crippen LogP contribution in [0.15, 0.2) is 41.0 Å². The molecule has 0 aliphatic carbocycles. The number of hydrogen-bond donors (Lipinski definition) is 1. The molecule has 1 aromatic carbocycles.